The Labute approximate surface area is 129 Å². The zero-order chi connectivity index (χ0) is 16.5. The van der Waals surface area contributed by atoms with Crippen LogP contribution in [0, 0.1) is 0 Å². The van der Waals surface area contributed by atoms with Crippen molar-refractivity contribution in [1.29, 1.82) is 0 Å². The van der Waals surface area contributed by atoms with Crippen LogP contribution in [0.2, 0.25) is 0 Å². The van der Waals surface area contributed by atoms with Gasteiger partial charge in [-0.1, -0.05) is 13.0 Å². The molecule has 22 heavy (non-hydrogen) atoms. The van der Waals surface area contributed by atoms with E-state index in [1.165, 1.54) is 0 Å². The largest absolute Gasteiger partial charge is 0.481 e. The van der Waals surface area contributed by atoms with Crippen LogP contribution >= 0.6 is 0 Å². The summed E-state index contributed by atoms with van der Waals surface area (Å²) >= 11 is 0. The third-order valence-electron chi connectivity index (χ3n) is 3.19. The fourth-order valence-electron chi connectivity index (χ4n) is 1.77. The second-order valence-electron chi connectivity index (χ2n) is 5.16. The van der Waals surface area contributed by atoms with Crippen molar-refractivity contribution in [2.45, 2.75) is 45.6 Å². The number of aliphatic carboxylic acids is 1. The Morgan fingerprint density at radius 2 is 1.95 bits per heavy atom. The topological polar surface area (TPSA) is 95.5 Å². The zero-order valence-corrected chi connectivity index (χ0v) is 12.9. The lowest BCUT2D eigenvalue weighted by Crippen LogP contribution is -2.31. The van der Waals surface area contributed by atoms with Crippen molar-refractivity contribution in [1.82, 2.24) is 5.32 Å². The molecule has 0 aliphatic heterocycles. The summed E-state index contributed by atoms with van der Waals surface area (Å²) in [6.07, 6.45) is 1.22. The van der Waals surface area contributed by atoms with E-state index in [9.17, 15) is 14.4 Å². The minimum Gasteiger partial charge on any atom is -0.481 e. The second kappa shape index (κ2) is 8.81. The highest BCUT2D eigenvalue weighted by Crippen LogP contribution is 2.12. The van der Waals surface area contributed by atoms with Crippen molar-refractivity contribution < 1.29 is 19.5 Å². The van der Waals surface area contributed by atoms with E-state index in [-0.39, 0.29) is 37.1 Å². The van der Waals surface area contributed by atoms with Crippen molar-refractivity contribution in [3.63, 3.8) is 0 Å². The maximum absolute atomic E-state index is 12.0. The molecule has 0 spiro atoms. The molecule has 0 radical (unpaired) electrons. The molecule has 2 amide bonds. The maximum Gasteiger partial charge on any atom is 0.303 e. The molecule has 0 heterocycles. The Balaban J connectivity index is 2.58. The highest BCUT2D eigenvalue weighted by atomic mass is 16.4. The van der Waals surface area contributed by atoms with Crippen molar-refractivity contribution in [2.75, 3.05) is 5.32 Å². The van der Waals surface area contributed by atoms with Crippen LogP contribution in [0.15, 0.2) is 24.3 Å². The lowest BCUT2D eigenvalue weighted by atomic mass is 10.1. The molecule has 0 aliphatic carbocycles. The van der Waals surface area contributed by atoms with Crippen LogP contribution in [-0.4, -0.2) is 28.9 Å². The molecule has 0 aromatic heterocycles. The zero-order valence-electron chi connectivity index (χ0n) is 12.9. The summed E-state index contributed by atoms with van der Waals surface area (Å²) in [5.74, 6) is -1.37. The summed E-state index contributed by atoms with van der Waals surface area (Å²) in [7, 11) is 0. The number of carbonyl (C=O) groups excluding carboxylic acids is 2. The normalized spacial score (nSPS) is 11.5. The van der Waals surface area contributed by atoms with Gasteiger partial charge < -0.3 is 15.7 Å². The fourth-order valence-corrected chi connectivity index (χ4v) is 1.77. The Morgan fingerprint density at radius 3 is 2.59 bits per heavy atom. The van der Waals surface area contributed by atoms with E-state index in [4.69, 9.17) is 5.11 Å². The average Bonchev–Trinajstić information content (AvgIpc) is 2.46. The Morgan fingerprint density at radius 1 is 1.23 bits per heavy atom. The fraction of sp³-hybridized carbons (Fsp3) is 0.438. The first-order valence-corrected chi connectivity index (χ1v) is 7.35. The van der Waals surface area contributed by atoms with E-state index in [2.05, 4.69) is 10.6 Å². The number of nitrogens with one attached hydrogen (secondary N) is 2. The average molecular weight is 306 g/mol. The van der Waals surface area contributed by atoms with Crippen molar-refractivity contribution in [3.05, 3.63) is 29.8 Å². The molecule has 6 nitrogen and oxygen atoms in total. The molecule has 0 saturated heterocycles. The summed E-state index contributed by atoms with van der Waals surface area (Å²) in [4.78, 5) is 34.1. The van der Waals surface area contributed by atoms with Gasteiger partial charge in [-0.05, 0) is 38.0 Å². The highest BCUT2D eigenvalue weighted by Gasteiger charge is 2.10. The predicted molar refractivity (Wildman–Crippen MR) is 83.8 cm³/mol. The van der Waals surface area contributed by atoms with Crippen LogP contribution in [-0.2, 0) is 9.59 Å². The van der Waals surface area contributed by atoms with Crippen molar-refractivity contribution in [3.8, 4) is 0 Å². The number of hydrogen-bond donors (Lipinski definition) is 3. The molecular weight excluding hydrogens is 284 g/mol. The standard InChI is InChI=1S/C16H22N2O4/c1-3-11(2)17-16(22)12-6-4-7-13(10-12)18-14(19)8-5-9-15(20)21/h4,6-7,10-11H,3,5,8-9H2,1-2H3,(H,17,22)(H,18,19)(H,20,21)/t11-/m1/s1. The van der Waals surface area contributed by atoms with Gasteiger partial charge in [0.25, 0.3) is 5.91 Å². The van der Waals surface area contributed by atoms with Crippen molar-refractivity contribution >= 4 is 23.5 Å². The van der Waals surface area contributed by atoms with E-state index in [1.54, 1.807) is 24.3 Å². The molecule has 0 unspecified atom stereocenters. The third-order valence-corrected chi connectivity index (χ3v) is 3.19. The smallest absolute Gasteiger partial charge is 0.303 e. The van der Waals surface area contributed by atoms with E-state index in [1.807, 2.05) is 13.8 Å². The van der Waals surface area contributed by atoms with Gasteiger partial charge in [0.2, 0.25) is 5.91 Å². The summed E-state index contributed by atoms with van der Waals surface area (Å²) in [5.41, 5.74) is 1.00. The van der Waals surface area contributed by atoms with Crippen LogP contribution in [0.5, 0.6) is 0 Å². The minimum absolute atomic E-state index is 0.0369. The quantitative estimate of drug-likeness (QED) is 0.687. The molecule has 0 saturated carbocycles. The first-order chi connectivity index (χ1) is 10.4. The van der Waals surface area contributed by atoms with Gasteiger partial charge in [-0.25, -0.2) is 0 Å². The molecule has 120 valence electrons. The molecule has 6 heteroatoms. The third kappa shape index (κ3) is 6.39. The maximum atomic E-state index is 12.0. The van der Waals surface area contributed by atoms with Gasteiger partial charge in [0.05, 0.1) is 0 Å². The molecule has 1 atom stereocenters. The summed E-state index contributed by atoms with van der Waals surface area (Å²) in [6.45, 7) is 3.91. The van der Waals surface area contributed by atoms with Crippen LogP contribution in [0.3, 0.4) is 0 Å². The predicted octanol–water partition coefficient (Wildman–Crippen LogP) is 2.41. The van der Waals surface area contributed by atoms with Crippen molar-refractivity contribution in [2.24, 2.45) is 0 Å². The number of carboxylic acids is 1. The molecule has 0 fully saturated rings. The van der Waals surface area contributed by atoms with Gasteiger partial charge in [0.1, 0.15) is 0 Å². The number of hydrogen-bond acceptors (Lipinski definition) is 3. The first-order valence-electron chi connectivity index (χ1n) is 7.35. The first kappa shape index (κ1) is 17.7. The monoisotopic (exact) mass is 306 g/mol. The van der Waals surface area contributed by atoms with Gasteiger partial charge in [-0.15, -0.1) is 0 Å². The SMILES string of the molecule is CC[C@@H](C)NC(=O)c1cccc(NC(=O)CCCC(=O)O)c1. The van der Waals surface area contributed by atoms with Gasteiger partial charge in [0.15, 0.2) is 0 Å². The van der Waals surface area contributed by atoms with Crippen LogP contribution in [0.25, 0.3) is 0 Å². The molecule has 1 rings (SSSR count). The number of benzene rings is 1. The van der Waals surface area contributed by atoms with E-state index >= 15 is 0 Å². The van der Waals surface area contributed by atoms with Gasteiger partial charge in [0, 0.05) is 30.1 Å². The molecule has 1 aromatic carbocycles. The Hall–Kier alpha value is -2.37. The van der Waals surface area contributed by atoms with E-state index < -0.39 is 5.97 Å². The molecular formula is C16H22N2O4. The van der Waals surface area contributed by atoms with Crippen LogP contribution in [0.1, 0.15) is 49.9 Å². The lowest BCUT2D eigenvalue weighted by Gasteiger charge is -2.12. The molecule has 0 aliphatic rings. The van der Waals surface area contributed by atoms with E-state index in [0.717, 1.165) is 6.42 Å². The molecule has 1 aromatic rings. The minimum atomic E-state index is -0.920. The van der Waals surface area contributed by atoms with Crippen LogP contribution < -0.4 is 10.6 Å². The number of carbonyl (C=O) groups is 3. The number of rotatable bonds is 8. The number of anilines is 1. The Kier molecular flexibility index (Phi) is 7.08. The molecule has 3 N–H and O–H groups in total. The van der Waals surface area contributed by atoms with Gasteiger partial charge in [-0.3, -0.25) is 14.4 Å². The summed E-state index contributed by atoms with van der Waals surface area (Å²) < 4.78 is 0. The summed E-state index contributed by atoms with van der Waals surface area (Å²) in [6, 6.07) is 6.75. The lowest BCUT2D eigenvalue weighted by molar-refractivity contribution is -0.137. The molecule has 0 bridgehead atoms. The number of carboxylic acid groups (broad SMARTS) is 1. The number of amides is 2. The van der Waals surface area contributed by atoms with E-state index in [0.29, 0.717) is 11.3 Å². The Bertz CT molecular complexity index is 543. The summed E-state index contributed by atoms with van der Waals surface area (Å²) in [5, 5.41) is 14.1. The second-order valence-corrected chi connectivity index (χ2v) is 5.16. The van der Waals surface area contributed by atoms with Crippen LogP contribution in [0.4, 0.5) is 5.69 Å². The van der Waals surface area contributed by atoms with Gasteiger partial charge in [-0.2, -0.15) is 0 Å². The highest BCUT2D eigenvalue weighted by molar-refractivity contribution is 5.97. The van der Waals surface area contributed by atoms with Gasteiger partial charge >= 0.3 is 5.97 Å².